The quantitative estimate of drug-likeness (QED) is 0.0689. The predicted molar refractivity (Wildman–Crippen MR) is 162 cm³/mol. The molecule has 0 amide bonds. The van der Waals surface area contributed by atoms with Gasteiger partial charge in [0.2, 0.25) is 0 Å². The third-order valence-corrected chi connectivity index (χ3v) is 6.92. The van der Waals surface area contributed by atoms with Crippen molar-refractivity contribution in [3.63, 3.8) is 0 Å². The molecule has 0 saturated heterocycles. The number of ether oxygens (including phenoxy) is 3. The molecule has 41 heavy (non-hydrogen) atoms. The summed E-state index contributed by atoms with van der Waals surface area (Å²) >= 11 is 0. The summed E-state index contributed by atoms with van der Waals surface area (Å²) in [6.07, 6.45) is 15.0. The van der Waals surface area contributed by atoms with Crippen LogP contribution in [0.4, 0.5) is 11.4 Å². The molecule has 0 heterocycles. The second kappa shape index (κ2) is 20.3. The monoisotopic (exact) mass is 568 g/mol. The minimum absolute atomic E-state index is 0.0452. The molecule has 0 aliphatic heterocycles. The normalized spacial score (nSPS) is 11.5. The Morgan fingerprint density at radius 3 is 1.76 bits per heavy atom. The number of esters is 3. The summed E-state index contributed by atoms with van der Waals surface area (Å²) in [4.78, 5) is 36.3. The average Bonchev–Trinajstić information content (AvgIpc) is 2.96. The van der Waals surface area contributed by atoms with Crippen LogP contribution in [0.25, 0.3) is 0 Å². The van der Waals surface area contributed by atoms with Gasteiger partial charge in [-0.3, -0.25) is 4.79 Å². The molecule has 2 aromatic carbocycles. The van der Waals surface area contributed by atoms with Crippen molar-refractivity contribution in [3.8, 4) is 5.75 Å². The molecule has 0 aliphatic rings. The predicted octanol–water partition coefficient (Wildman–Crippen LogP) is 7.40. The fourth-order valence-corrected chi connectivity index (χ4v) is 4.51. The van der Waals surface area contributed by atoms with E-state index >= 15 is 0 Å². The van der Waals surface area contributed by atoms with Crippen molar-refractivity contribution < 1.29 is 28.6 Å². The summed E-state index contributed by atoms with van der Waals surface area (Å²) in [7, 11) is 0. The van der Waals surface area contributed by atoms with Crippen molar-refractivity contribution in [2.45, 2.75) is 109 Å². The van der Waals surface area contributed by atoms with Gasteiger partial charge in [-0.2, -0.15) is 0 Å². The van der Waals surface area contributed by atoms with Crippen molar-refractivity contribution in [2.75, 3.05) is 18.1 Å². The van der Waals surface area contributed by atoms with E-state index in [1.54, 1.807) is 48.5 Å². The molecule has 0 radical (unpaired) electrons. The molecule has 0 aromatic heterocycles. The van der Waals surface area contributed by atoms with Gasteiger partial charge in [-0.25, -0.2) is 9.59 Å². The van der Waals surface area contributed by atoms with Crippen LogP contribution in [0.15, 0.2) is 48.5 Å². The van der Waals surface area contributed by atoms with Crippen LogP contribution in [-0.4, -0.2) is 30.6 Å². The van der Waals surface area contributed by atoms with Gasteiger partial charge in [-0.1, -0.05) is 64.7 Å². The highest BCUT2D eigenvalue weighted by Crippen LogP contribution is 2.19. The van der Waals surface area contributed by atoms with Gasteiger partial charge < -0.3 is 25.7 Å². The molecule has 226 valence electrons. The molecule has 0 spiro atoms. The number of hydrogen-bond acceptors (Lipinski definition) is 8. The summed E-state index contributed by atoms with van der Waals surface area (Å²) in [5.74, 6) is -0.917. The minimum Gasteiger partial charge on any atom is -0.459 e. The molecule has 0 unspecified atom stereocenters. The maximum Gasteiger partial charge on any atom is 0.349 e. The standard InChI is InChI=1S/C33H48N2O6/c1-2-3-4-11-14-29(41-33(38)26-17-19-27(34)20-18-26)15-12-9-7-5-6-8-10-13-16-31(36)39-25-32(37)40-30-23-21-28(35)22-24-30/h17-24,29H,2-16,25,34-35H2,1H3/t29-/m1/s1. The molecule has 0 fully saturated rings. The van der Waals surface area contributed by atoms with Crippen molar-refractivity contribution >= 4 is 29.3 Å². The van der Waals surface area contributed by atoms with Crippen LogP contribution in [-0.2, 0) is 19.1 Å². The lowest BCUT2D eigenvalue weighted by atomic mass is 10.0. The largest absolute Gasteiger partial charge is 0.459 e. The molecule has 1 atom stereocenters. The van der Waals surface area contributed by atoms with Crippen LogP contribution >= 0.6 is 0 Å². The first kappa shape index (κ1) is 33.7. The zero-order chi connectivity index (χ0) is 29.7. The second-order valence-electron chi connectivity index (χ2n) is 10.6. The van der Waals surface area contributed by atoms with Gasteiger partial charge in [-0.05, 0) is 80.6 Å². The van der Waals surface area contributed by atoms with Crippen molar-refractivity contribution in [3.05, 3.63) is 54.1 Å². The van der Waals surface area contributed by atoms with Gasteiger partial charge in [0, 0.05) is 17.8 Å². The third kappa shape index (κ3) is 15.7. The zero-order valence-electron chi connectivity index (χ0n) is 24.6. The second-order valence-corrected chi connectivity index (χ2v) is 10.6. The van der Waals surface area contributed by atoms with E-state index in [1.807, 2.05) is 0 Å². The van der Waals surface area contributed by atoms with Crippen molar-refractivity contribution in [1.29, 1.82) is 0 Å². The van der Waals surface area contributed by atoms with Crippen LogP contribution in [0.2, 0.25) is 0 Å². The van der Waals surface area contributed by atoms with E-state index in [1.165, 1.54) is 19.3 Å². The van der Waals surface area contributed by atoms with Crippen LogP contribution in [0.3, 0.4) is 0 Å². The fraction of sp³-hybridized carbons (Fsp3) is 0.545. The maximum absolute atomic E-state index is 12.6. The number of unbranched alkanes of at least 4 members (excludes halogenated alkanes) is 10. The number of carbonyl (C=O) groups is 3. The molecular weight excluding hydrogens is 520 g/mol. The Morgan fingerprint density at radius 2 is 1.17 bits per heavy atom. The van der Waals surface area contributed by atoms with Crippen LogP contribution in [0.1, 0.15) is 114 Å². The highest BCUT2D eigenvalue weighted by Gasteiger charge is 2.16. The molecule has 4 N–H and O–H groups in total. The summed E-state index contributed by atoms with van der Waals surface area (Å²) in [5.41, 5.74) is 13.1. The number of hydrogen-bond donors (Lipinski definition) is 2. The Hall–Kier alpha value is -3.55. The highest BCUT2D eigenvalue weighted by atomic mass is 16.6. The van der Waals surface area contributed by atoms with E-state index in [2.05, 4.69) is 6.92 Å². The molecule has 2 rings (SSSR count). The third-order valence-electron chi connectivity index (χ3n) is 6.92. The van der Waals surface area contributed by atoms with Crippen molar-refractivity contribution in [2.24, 2.45) is 0 Å². The lowest BCUT2D eigenvalue weighted by molar-refractivity contribution is -0.153. The number of nitrogen functional groups attached to an aromatic ring is 2. The Bertz CT molecular complexity index is 1020. The highest BCUT2D eigenvalue weighted by molar-refractivity contribution is 5.89. The van der Waals surface area contributed by atoms with Gasteiger partial charge in [0.1, 0.15) is 11.9 Å². The van der Waals surface area contributed by atoms with E-state index in [9.17, 15) is 14.4 Å². The zero-order valence-corrected chi connectivity index (χ0v) is 24.6. The summed E-state index contributed by atoms with van der Waals surface area (Å²) in [6, 6.07) is 13.3. The topological polar surface area (TPSA) is 131 Å². The molecule has 0 bridgehead atoms. The Morgan fingerprint density at radius 1 is 0.659 bits per heavy atom. The van der Waals surface area contributed by atoms with E-state index < -0.39 is 12.6 Å². The van der Waals surface area contributed by atoms with Crippen LogP contribution in [0.5, 0.6) is 5.75 Å². The Balaban J connectivity index is 1.51. The molecular formula is C33H48N2O6. The Kier molecular flexibility index (Phi) is 16.7. The van der Waals surface area contributed by atoms with Crippen LogP contribution in [0, 0.1) is 0 Å². The molecule has 0 aliphatic carbocycles. The van der Waals surface area contributed by atoms with E-state index in [0.29, 0.717) is 29.1 Å². The Labute approximate surface area is 245 Å². The number of anilines is 2. The summed E-state index contributed by atoms with van der Waals surface area (Å²) in [5, 5.41) is 0. The number of carbonyl (C=O) groups excluding carboxylic acids is 3. The smallest absolute Gasteiger partial charge is 0.349 e. The van der Waals surface area contributed by atoms with E-state index in [4.69, 9.17) is 25.7 Å². The van der Waals surface area contributed by atoms with Gasteiger partial charge in [0.25, 0.3) is 0 Å². The minimum atomic E-state index is -0.620. The number of nitrogens with two attached hydrogens (primary N) is 2. The maximum atomic E-state index is 12.6. The lowest BCUT2D eigenvalue weighted by Gasteiger charge is -2.18. The van der Waals surface area contributed by atoms with Crippen molar-refractivity contribution in [1.82, 2.24) is 0 Å². The van der Waals surface area contributed by atoms with Gasteiger partial charge >= 0.3 is 17.9 Å². The first-order valence-electron chi connectivity index (χ1n) is 15.2. The van der Waals surface area contributed by atoms with E-state index in [-0.39, 0.29) is 18.0 Å². The number of benzene rings is 2. The fourth-order valence-electron chi connectivity index (χ4n) is 4.51. The van der Waals surface area contributed by atoms with Gasteiger partial charge in [-0.15, -0.1) is 0 Å². The molecule has 8 nitrogen and oxygen atoms in total. The number of rotatable bonds is 21. The van der Waals surface area contributed by atoms with Gasteiger partial charge in [0.15, 0.2) is 6.61 Å². The van der Waals surface area contributed by atoms with E-state index in [0.717, 1.165) is 70.6 Å². The average molecular weight is 569 g/mol. The van der Waals surface area contributed by atoms with Gasteiger partial charge in [0.05, 0.1) is 5.56 Å². The lowest BCUT2D eigenvalue weighted by Crippen LogP contribution is -2.18. The molecule has 0 saturated carbocycles. The first-order valence-corrected chi connectivity index (χ1v) is 15.2. The molecule has 2 aromatic rings. The SMILES string of the molecule is CCCCCC[C@H](CCCCCCCCCCC(=O)OCC(=O)Oc1ccc(N)cc1)OC(=O)c1ccc(N)cc1. The molecule has 8 heteroatoms. The first-order chi connectivity index (χ1) is 19.9. The van der Waals surface area contributed by atoms with Crippen LogP contribution < -0.4 is 16.2 Å². The summed E-state index contributed by atoms with van der Waals surface area (Å²) < 4.78 is 16.0. The summed E-state index contributed by atoms with van der Waals surface area (Å²) in [6.45, 7) is 1.79.